The van der Waals surface area contributed by atoms with Crippen LogP contribution in [0.5, 0.6) is 0 Å². The van der Waals surface area contributed by atoms with Crippen molar-refractivity contribution in [1.29, 1.82) is 0 Å². The van der Waals surface area contributed by atoms with Gasteiger partial charge in [-0.1, -0.05) is 91.0 Å². The molecule has 0 saturated heterocycles. The lowest BCUT2D eigenvalue weighted by atomic mass is 9.96. The van der Waals surface area contributed by atoms with Crippen LogP contribution in [-0.2, 0) is 0 Å². The summed E-state index contributed by atoms with van der Waals surface area (Å²) in [5.74, 6) is 0. The molecular formula is C38H21N3O2. The Morgan fingerprint density at radius 1 is 0.465 bits per heavy atom. The molecule has 0 amide bonds. The molecule has 0 bridgehead atoms. The van der Waals surface area contributed by atoms with Crippen LogP contribution in [-0.4, -0.2) is 14.6 Å². The van der Waals surface area contributed by atoms with Crippen molar-refractivity contribution >= 4 is 71.2 Å². The number of hydrogen-bond donors (Lipinski definition) is 0. The first kappa shape index (κ1) is 22.7. The fourth-order valence-corrected chi connectivity index (χ4v) is 6.80. The molecule has 0 spiro atoms. The minimum absolute atomic E-state index is 0.827. The van der Waals surface area contributed by atoms with Gasteiger partial charge in [0.05, 0.1) is 5.52 Å². The second kappa shape index (κ2) is 8.30. The van der Waals surface area contributed by atoms with Crippen LogP contribution < -0.4 is 0 Å². The molecule has 0 radical (unpaired) electrons. The molecule has 0 atom stereocenters. The quantitative estimate of drug-likeness (QED) is 0.201. The highest BCUT2D eigenvalue weighted by atomic mass is 16.3. The number of pyridine rings is 1. The van der Waals surface area contributed by atoms with Crippen molar-refractivity contribution < 1.29 is 8.83 Å². The lowest BCUT2D eigenvalue weighted by molar-refractivity contribution is 0.669. The molecule has 0 aliphatic rings. The molecule has 0 aliphatic carbocycles. The van der Waals surface area contributed by atoms with Gasteiger partial charge in [0.15, 0.2) is 5.65 Å². The minimum Gasteiger partial charge on any atom is -0.455 e. The molecule has 4 aromatic heterocycles. The van der Waals surface area contributed by atoms with E-state index in [1.165, 1.54) is 0 Å². The summed E-state index contributed by atoms with van der Waals surface area (Å²) in [6, 6.07) is 42.3. The first-order chi connectivity index (χ1) is 21.3. The number of furan rings is 2. The van der Waals surface area contributed by atoms with Gasteiger partial charge in [0, 0.05) is 43.4 Å². The van der Waals surface area contributed by atoms with Gasteiger partial charge in [0.2, 0.25) is 0 Å². The van der Waals surface area contributed by atoms with Gasteiger partial charge in [-0.25, -0.2) is 0 Å². The molecule has 0 saturated carbocycles. The third-order valence-electron chi connectivity index (χ3n) is 8.79. The van der Waals surface area contributed by atoms with E-state index >= 15 is 0 Å². The Morgan fingerprint density at radius 2 is 1.05 bits per heavy atom. The Bertz CT molecular complexity index is 2750. The Hall–Kier alpha value is -5.94. The van der Waals surface area contributed by atoms with Crippen LogP contribution in [0.3, 0.4) is 0 Å². The van der Waals surface area contributed by atoms with E-state index < -0.39 is 0 Å². The highest BCUT2D eigenvalue weighted by Gasteiger charge is 2.17. The van der Waals surface area contributed by atoms with Gasteiger partial charge in [-0.2, -0.15) is 0 Å². The van der Waals surface area contributed by atoms with Gasteiger partial charge in [-0.15, -0.1) is 10.2 Å². The Kier molecular flexibility index (Phi) is 4.39. The average Bonchev–Trinajstić information content (AvgIpc) is 3.80. The van der Waals surface area contributed by atoms with Crippen molar-refractivity contribution in [3.8, 4) is 22.3 Å². The van der Waals surface area contributed by atoms with Crippen LogP contribution in [0.2, 0.25) is 0 Å². The molecular weight excluding hydrogens is 530 g/mol. The van der Waals surface area contributed by atoms with E-state index in [1.54, 1.807) is 6.33 Å². The maximum atomic E-state index is 6.38. The summed E-state index contributed by atoms with van der Waals surface area (Å²) >= 11 is 0. The van der Waals surface area contributed by atoms with Crippen molar-refractivity contribution in [3.05, 3.63) is 128 Å². The summed E-state index contributed by atoms with van der Waals surface area (Å²) in [5, 5.41) is 16.6. The molecule has 0 aliphatic heterocycles. The van der Waals surface area contributed by atoms with E-state index in [2.05, 4.69) is 112 Å². The first-order valence-electron chi connectivity index (χ1n) is 14.3. The van der Waals surface area contributed by atoms with Gasteiger partial charge in [-0.05, 0) is 46.8 Å². The van der Waals surface area contributed by atoms with E-state index in [0.29, 0.717) is 0 Å². The maximum absolute atomic E-state index is 6.38. The smallest absolute Gasteiger partial charge is 0.169 e. The SMILES string of the molecule is c1ccc2c(c1)oc1c(-c3ccc4c(c3)c3ccc(-c5cccc6c5oc5ccccc56)cc3c3nncn43)cccc12. The van der Waals surface area contributed by atoms with Crippen molar-refractivity contribution in [2.75, 3.05) is 0 Å². The normalized spacial score (nSPS) is 12.2. The summed E-state index contributed by atoms with van der Waals surface area (Å²) in [5.41, 5.74) is 9.76. The lowest BCUT2D eigenvalue weighted by Gasteiger charge is -2.12. The summed E-state index contributed by atoms with van der Waals surface area (Å²) in [7, 11) is 0. The summed E-state index contributed by atoms with van der Waals surface area (Å²) in [6.07, 6.45) is 1.80. The van der Waals surface area contributed by atoms with Crippen LogP contribution in [0, 0.1) is 0 Å². The molecule has 43 heavy (non-hydrogen) atoms. The highest BCUT2D eigenvalue weighted by molar-refractivity contribution is 6.16. The van der Waals surface area contributed by atoms with Crippen LogP contribution in [0.4, 0.5) is 0 Å². The number of hydrogen-bond acceptors (Lipinski definition) is 4. The number of fused-ring (bicyclic) bond motifs is 12. The van der Waals surface area contributed by atoms with E-state index in [4.69, 9.17) is 8.83 Å². The minimum atomic E-state index is 0.827. The van der Waals surface area contributed by atoms with E-state index in [0.717, 1.165) is 93.5 Å². The zero-order chi connectivity index (χ0) is 28.1. The Balaban J connectivity index is 1.23. The molecule has 10 rings (SSSR count). The fraction of sp³-hybridized carbons (Fsp3) is 0. The lowest BCUT2D eigenvalue weighted by Crippen LogP contribution is -1.92. The van der Waals surface area contributed by atoms with Crippen LogP contribution in [0.25, 0.3) is 93.5 Å². The van der Waals surface area contributed by atoms with E-state index in [-0.39, 0.29) is 0 Å². The van der Waals surface area contributed by atoms with Crippen molar-refractivity contribution in [2.24, 2.45) is 0 Å². The monoisotopic (exact) mass is 551 g/mol. The van der Waals surface area contributed by atoms with Gasteiger partial charge in [0.1, 0.15) is 28.7 Å². The Morgan fingerprint density at radius 3 is 1.72 bits per heavy atom. The zero-order valence-corrected chi connectivity index (χ0v) is 22.8. The third-order valence-corrected chi connectivity index (χ3v) is 8.79. The van der Waals surface area contributed by atoms with Crippen LogP contribution in [0.15, 0.2) is 136 Å². The van der Waals surface area contributed by atoms with Gasteiger partial charge in [0.25, 0.3) is 0 Å². The predicted molar refractivity (Wildman–Crippen MR) is 173 cm³/mol. The van der Waals surface area contributed by atoms with Crippen molar-refractivity contribution in [2.45, 2.75) is 0 Å². The van der Waals surface area contributed by atoms with E-state index in [1.807, 2.05) is 24.3 Å². The molecule has 0 unspecified atom stereocenters. The third kappa shape index (κ3) is 3.11. The van der Waals surface area contributed by atoms with Gasteiger partial charge >= 0.3 is 0 Å². The molecule has 200 valence electrons. The molecule has 5 heteroatoms. The highest BCUT2D eigenvalue weighted by Crippen LogP contribution is 2.40. The molecule has 0 fully saturated rings. The molecule has 0 N–H and O–H groups in total. The van der Waals surface area contributed by atoms with Gasteiger partial charge in [-0.3, -0.25) is 4.40 Å². The standard InChI is InChI=1S/C38H21N3O2/c1-3-13-34-27(7-1)29-11-5-9-24(36(29)42-34)22-15-17-26-31-19-23(16-18-33(31)41-21-39-40-38(41)32(26)20-22)25-10-6-12-30-28-8-2-4-14-35(28)43-37(25)30/h1-21H. The summed E-state index contributed by atoms with van der Waals surface area (Å²) < 4.78 is 14.8. The first-order valence-corrected chi connectivity index (χ1v) is 14.3. The molecule has 5 nitrogen and oxygen atoms in total. The average molecular weight is 552 g/mol. The summed E-state index contributed by atoms with van der Waals surface area (Å²) in [4.78, 5) is 0. The van der Waals surface area contributed by atoms with Crippen molar-refractivity contribution in [3.63, 3.8) is 0 Å². The second-order valence-electron chi connectivity index (χ2n) is 11.1. The van der Waals surface area contributed by atoms with Gasteiger partial charge < -0.3 is 8.83 Å². The number of benzene rings is 6. The largest absolute Gasteiger partial charge is 0.455 e. The number of rotatable bonds is 2. The predicted octanol–water partition coefficient (Wildman–Crippen LogP) is 10.2. The molecule has 6 aromatic carbocycles. The van der Waals surface area contributed by atoms with Crippen molar-refractivity contribution in [1.82, 2.24) is 14.6 Å². The van der Waals surface area contributed by atoms with E-state index in [9.17, 15) is 0 Å². The summed E-state index contributed by atoms with van der Waals surface area (Å²) in [6.45, 7) is 0. The van der Waals surface area contributed by atoms with Crippen LogP contribution >= 0.6 is 0 Å². The number of nitrogens with zero attached hydrogens (tertiary/aromatic N) is 3. The van der Waals surface area contributed by atoms with Crippen LogP contribution in [0.1, 0.15) is 0 Å². The number of aromatic nitrogens is 3. The zero-order valence-electron chi connectivity index (χ0n) is 22.8. The maximum Gasteiger partial charge on any atom is 0.169 e. The topological polar surface area (TPSA) is 56.5 Å². The Labute approximate surface area is 244 Å². The molecule has 10 aromatic rings. The molecule has 4 heterocycles. The fourth-order valence-electron chi connectivity index (χ4n) is 6.80. The second-order valence-corrected chi connectivity index (χ2v) is 11.1. The number of para-hydroxylation sites is 4.